The Kier molecular flexibility index (Phi) is 3.75. The summed E-state index contributed by atoms with van der Waals surface area (Å²) in [4.78, 5) is 14.2. The molecular formula is C18H24F3N3O2. The van der Waals surface area contributed by atoms with Gasteiger partial charge in [0, 0.05) is 31.5 Å². The van der Waals surface area contributed by atoms with E-state index in [1.807, 2.05) is 4.90 Å². The van der Waals surface area contributed by atoms with Gasteiger partial charge in [-0.1, -0.05) is 0 Å². The molecule has 2 saturated carbocycles. The fourth-order valence-electron chi connectivity index (χ4n) is 5.11. The van der Waals surface area contributed by atoms with Crippen LogP contribution in [-0.2, 0) is 24.4 Å². The maximum Gasteiger partial charge on any atom is 0.433 e. The highest BCUT2D eigenvalue weighted by atomic mass is 19.4. The van der Waals surface area contributed by atoms with E-state index in [4.69, 9.17) is 0 Å². The van der Waals surface area contributed by atoms with E-state index in [1.54, 1.807) is 6.92 Å². The van der Waals surface area contributed by atoms with Crippen molar-refractivity contribution in [2.24, 2.45) is 24.3 Å². The normalized spacial score (nSPS) is 30.7. The molecular weight excluding hydrogens is 347 g/mol. The maximum atomic E-state index is 12.8. The summed E-state index contributed by atoms with van der Waals surface area (Å²) >= 11 is 0. The van der Waals surface area contributed by atoms with E-state index in [-0.39, 0.29) is 17.2 Å². The van der Waals surface area contributed by atoms with Gasteiger partial charge in [0.1, 0.15) is 5.69 Å². The topological polar surface area (TPSA) is 58.4 Å². The molecule has 1 amide bonds. The summed E-state index contributed by atoms with van der Waals surface area (Å²) < 4.78 is 39.4. The van der Waals surface area contributed by atoms with Crippen molar-refractivity contribution in [3.8, 4) is 0 Å². The van der Waals surface area contributed by atoms with Crippen LogP contribution in [0.5, 0.6) is 0 Å². The van der Waals surface area contributed by atoms with Crippen molar-refractivity contribution in [1.82, 2.24) is 14.7 Å². The summed E-state index contributed by atoms with van der Waals surface area (Å²) in [7, 11) is 1.32. The Morgan fingerprint density at radius 3 is 2.42 bits per heavy atom. The Morgan fingerprint density at radius 2 is 1.92 bits per heavy atom. The third-order valence-electron chi connectivity index (χ3n) is 6.25. The highest BCUT2D eigenvalue weighted by Gasteiger charge is 2.55. The number of amides is 1. The van der Waals surface area contributed by atoms with E-state index in [0.717, 1.165) is 36.7 Å². The average Bonchev–Trinajstić information content (AvgIpc) is 2.77. The van der Waals surface area contributed by atoms with Crippen LogP contribution >= 0.6 is 0 Å². The van der Waals surface area contributed by atoms with Crippen LogP contribution in [0, 0.1) is 17.3 Å². The van der Waals surface area contributed by atoms with Crippen LogP contribution in [0.25, 0.3) is 0 Å². The predicted octanol–water partition coefficient (Wildman–Crippen LogP) is 2.38. The summed E-state index contributed by atoms with van der Waals surface area (Å²) in [5, 5.41) is 13.8. The lowest BCUT2D eigenvalue weighted by Crippen LogP contribution is -2.66. The third kappa shape index (κ3) is 3.02. The first-order valence-electron chi connectivity index (χ1n) is 9.08. The average molecular weight is 371 g/mol. The van der Waals surface area contributed by atoms with E-state index in [0.29, 0.717) is 30.9 Å². The van der Waals surface area contributed by atoms with Crippen molar-refractivity contribution in [3.63, 3.8) is 0 Å². The van der Waals surface area contributed by atoms with Gasteiger partial charge in [-0.3, -0.25) is 9.48 Å². The minimum absolute atomic E-state index is 0.0486. The number of hydrogen-bond acceptors (Lipinski definition) is 3. The molecule has 1 aromatic rings. The van der Waals surface area contributed by atoms with Crippen LogP contribution in [0.3, 0.4) is 0 Å². The molecule has 8 heteroatoms. The van der Waals surface area contributed by atoms with E-state index < -0.39 is 17.5 Å². The van der Waals surface area contributed by atoms with Crippen LogP contribution in [0.15, 0.2) is 6.07 Å². The van der Waals surface area contributed by atoms with Crippen molar-refractivity contribution < 1.29 is 23.1 Å². The number of hydrogen-bond donors (Lipinski definition) is 1. The second-order valence-corrected chi connectivity index (χ2v) is 8.92. The van der Waals surface area contributed by atoms with Gasteiger partial charge in [0.15, 0.2) is 0 Å². The van der Waals surface area contributed by atoms with Crippen molar-refractivity contribution >= 4 is 5.91 Å². The van der Waals surface area contributed by atoms with Crippen LogP contribution in [0.2, 0.25) is 0 Å². The Morgan fingerprint density at radius 1 is 1.31 bits per heavy atom. The highest BCUT2D eigenvalue weighted by molar-refractivity contribution is 5.81. The molecule has 0 unspecified atom stereocenters. The number of aryl methyl sites for hydroxylation is 1. The van der Waals surface area contributed by atoms with Gasteiger partial charge in [-0.15, -0.1) is 0 Å². The number of carbonyl (C=O) groups excluding carboxylic acids is 1. The quantitative estimate of drug-likeness (QED) is 0.888. The van der Waals surface area contributed by atoms with Gasteiger partial charge in [-0.2, -0.15) is 18.3 Å². The number of aliphatic hydroxyl groups is 1. The van der Waals surface area contributed by atoms with Crippen LogP contribution < -0.4 is 0 Å². The van der Waals surface area contributed by atoms with E-state index in [2.05, 4.69) is 5.10 Å². The van der Waals surface area contributed by atoms with Gasteiger partial charge in [0.2, 0.25) is 5.91 Å². The molecule has 3 aliphatic rings. The Balaban J connectivity index is 1.25. The first kappa shape index (κ1) is 17.8. The zero-order valence-corrected chi connectivity index (χ0v) is 15.0. The molecule has 0 aromatic carbocycles. The summed E-state index contributed by atoms with van der Waals surface area (Å²) in [6, 6.07) is 1.14. The Hall–Kier alpha value is -1.57. The zero-order valence-electron chi connectivity index (χ0n) is 15.0. The fourth-order valence-corrected chi connectivity index (χ4v) is 5.11. The molecule has 26 heavy (non-hydrogen) atoms. The summed E-state index contributed by atoms with van der Waals surface area (Å²) in [6.07, 6.45) is -0.848. The Bertz CT molecular complexity index is 719. The number of halogens is 3. The third-order valence-corrected chi connectivity index (χ3v) is 6.25. The molecule has 0 radical (unpaired) electrons. The van der Waals surface area contributed by atoms with Crippen molar-refractivity contribution in [2.45, 2.75) is 50.8 Å². The largest absolute Gasteiger partial charge is 0.433 e. The van der Waals surface area contributed by atoms with Gasteiger partial charge >= 0.3 is 6.18 Å². The number of nitrogens with zero attached hydrogens (tertiary/aromatic N) is 3. The van der Waals surface area contributed by atoms with E-state index in [9.17, 15) is 23.1 Å². The Labute approximate surface area is 150 Å². The van der Waals surface area contributed by atoms with Crippen molar-refractivity contribution in [2.75, 3.05) is 13.1 Å². The lowest BCUT2D eigenvalue weighted by Gasteiger charge is -2.60. The minimum Gasteiger partial charge on any atom is -0.390 e. The molecule has 1 spiro atoms. The molecule has 0 atom stereocenters. The maximum absolute atomic E-state index is 12.8. The summed E-state index contributed by atoms with van der Waals surface area (Å²) in [6.45, 7) is 3.25. The van der Waals surface area contributed by atoms with Gasteiger partial charge in [-0.05, 0) is 51.0 Å². The number of carbonyl (C=O) groups is 1. The van der Waals surface area contributed by atoms with Gasteiger partial charge < -0.3 is 10.0 Å². The van der Waals surface area contributed by atoms with Gasteiger partial charge in [-0.25, -0.2) is 0 Å². The molecule has 2 heterocycles. The fraction of sp³-hybridized carbons (Fsp3) is 0.778. The van der Waals surface area contributed by atoms with Crippen LogP contribution in [0.1, 0.15) is 44.0 Å². The van der Waals surface area contributed by atoms with Crippen molar-refractivity contribution in [1.29, 1.82) is 0 Å². The second-order valence-electron chi connectivity index (χ2n) is 8.92. The first-order chi connectivity index (χ1) is 12.0. The standard InChI is InChI=1S/C18H24F3N3O2/c1-16(26)7-12(8-16)15(25)24-9-17(10-24)5-11(6-17)3-13-4-14(18(19,20)21)23(2)22-13/h4,11-12,26H,3,5-10H2,1-2H3/t12-,16+. The lowest BCUT2D eigenvalue weighted by atomic mass is 9.56. The number of aromatic nitrogens is 2. The minimum atomic E-state index is -4.37. The van der Waals surface area contributed by atoms with Gasteiger partial charge in [0.05, 0.1) is 11.3 Å². The van der Waals surface area contributed by atoms with Gasteiger partial charge in [0.25, 0.3) is 0 Å². The summed E-state index contributed by atoms with van der Waals surface area (Å²) in [5.41, 5.74) is -0.752. The molecule has 5 nitrogen and oxygen atoms in total. The number of alkyl halides is 3. The smallest absolute Gasteiger partial charge is 0.390 e. The van der Waals surface area contributed by atoms with Crippen molar-refractivity contribution in [3.05, 3.63) is 17.5 Å². The SMILES string of the molecule is Cn1nc(CC2CC3(C2)CN(C(=O)[C@H]2C[C@@](C)(O)C2)C3)cc1C(F)(F)F. The second kappa shape index (κ2) is 5.47. The van der Waals surface area contributed by atoms with Crippen LogP contribution in [-0.4, -0.2) is 44.4 Å². The lowest BCUT2D eigenvalue weighted by molar-refractivity contribution is -0.171. The molecule has 1 aromatic heterocycles. The first-order valence-corrected chi connectivity index (χ1v) is 9.08. The monoisotopic (exact) mass is 371 g/mol. The van der Waals surface area contributed by atoms with E-state index in [1.165, 1.54) is 7.05 Å². The molecule has 4 rings (SSSR count). The number of likely N-dealkylation sites (tertiary alicyclic amines) is 1. The zero-order chi connectivity index (χ0) is 18.9. The number of rotatable bonds is 3. The molecule has 1 saturated heterocycles. The molecule has 0 bridgehead atoms. The summed E-state index contributed by atoms with van der Waals surface area (Å²) in [5.74, 6) is 0.436. The predicted molar refractivity (Wildman–Crippen MR) is 87.0 cm³/mol. The molecule has 2 aliphatic carbocycles. The van der Waals surface area contributed by atoms with E-state index >= 15 is 0 Å². The molecule has 3 fully saturated rings. The molecule has 144 valence electrons. The highest BCUT2D eigenvalue weighted by Crippen LogP contribution is 2.54. The molecule has 1 aliphatic heterocycles. The molecule has 1 N–H and O–H groups in total. The van der Waals surface area contributed by atoms with Crippen LogP contribution in [0.4, 0.5) is 13.2 Å².